The van der Waals surface area contributed by atoms with Gasteiger partial charge in [-0.15, -0.1) is 0 Å². The molecule has 0 amide bonds. The van der Waals surface area contributed by atoms with Crippen LogP contribution in [0.25, 0.3) is 0 Å². The van der Waals surface area contributed by atoms with Crippen LogP contribution in [-0.2, 0) is 8.85 Å². The van der Waals surface area contributed by atoms with Crippen molar-refractivity contribution in [1.29, 1.82) is 0 Å². The highest BCUT2D eigenvalue weighted by molar-refractivity contribution is 6.66. The summed E-state index contributed by atoms with van der Waals surface area (Å²) < 4.78 is 46.5. The molecule has 0 heterocycles. The van der Waals surface area contributed by atoms with Gasteiger partial charge in [-0.25, -0.2) is 0 Å². The molecule has 0 aromatic carbocycles. The van der Waals surface area contributed by atoms with E-state index in [4.69, 9.17) is 8.85 Å². The van der Waals surface area contributed by atoms with E-state index in [2.05, 4.69) is 0 Å². The summed E-state index contributed by atoms with van der Waals surface area (Å²) in [5.41, 5.74) is 0. The first kappa shape index (κ1) is 17.5. The fraction of sp³-hybridized carbons (Fsp3) is 1.00. The number of rotatable bonds is 6. The summed E-state index contributed by atoms with van der Waals surface area (Å²) in [5.74, 6) is 0. The van der Waals surface area contributed by atoms with E-state index >= 15 is 0 Å². The summed E-state index contributed by atoms with van der Waals surface area (Å²) >= 11 is 0. The van der Waals surface area contributed by atoms with Gasteiger partial charge < -0.3 is 8.85 Å². The standard InChI is InChI=1S/C8H17F3O2Si.H4Si/c1-4-12-14(3,13-5-2)7-6-8(9,10)11;/h4-7H2,1-3H3;1H4. The molecule has 0 atom stereocenters. The van der Waals surface area contributed by atoms with E-state index in [0.29, 0.717) is 13.2 Å². The van der Waals surface area contributed by atoms with E-state index in [9.17, 15) is 13.2 Å². The normalized spacial score (nSPS) is 12.4. The molecule has 0 aromatic heterocycles. The van der Waals surface area contributed by atoms with E-state index in [-0.39, 0.29) is 17.0 Å². The molecule has 7 heteroatoms. The first-order chi connectivity index (χ1) is 6.33. The lowest BCUT2D eigenvalue weighted by molar-refractivity contribution is -0.132. The number of halogens is 3. The van der Waals surface area contributed by atoms with E-state index < -0.39 is 21.2 Å². The Hall–Kier alpha value is 0.144. The highest BCUT2D eigenvalue weighted by Gasteiger charge is 2.37. The summed E-state index contributed by atoms with van der Waals surface area (Å²) in [6.45, 7) is 6.00. The Bertz CT molecular complexity index is 158. The highest BCUT2D eigenvalue weighted by atomic mass is 28.4. The van der Waals surface area contributed by atoms with Crippen molar-refractivity contribution in [3.8, 4) is 0 Å². The van der Waals surface area contributed by atoms with Crippen LogP contribution in [0.5, 0.6) is 0 Å². The Morgan fingerprint density at radius 3 is 1.73 bits per heavy atom. The van der Waals surface area contributed by atoms with Gasteiger partial charge >= 0.3 is 14.7 Å². The van der Waals surface area contributed by atoms with Crippen LogP contribution in [-0.4, -0.2) is 38.9 Å². The van der Waals surface area contributed by atoms with E-state index in [1.807, 2.05) is 0 Å². The van der Waals surface area contributed by atoms with Crippen LogP contribution in [0.4, 0.5) is 13.2 Å². The minimum atomic E-state index is -4.12. The zero-order valence-corrected chi connectivity index (χ0v) is 9.78. The second-order valence-corrected chi connectivity index (χ2v) is 6.46. The number of hydrogen-bond acceptors (Lipinski definition) is 2. The SMILES string of the molecule is CCO[Si](C)(CCC(F)(F)F)OCC.[SiH4]. The van der Waals surface area contributed by atoms with Crippen molar-refractivity contribution in [3.63, 3.8) is 0 Å². The Labute approximate surface area is 94.4 Å². The third-order valence-electron chi connectivity index (χ3n) is 1.76. The van der Waals surface area contributed by atoms with Gasteiger partial charge in [-0.1, -0.05) is 0 Å². The second kappa shape index (κ2) is 7.42. The van der Waals surface area contributed by atoms with Crippen LogP contribution in [0, 0.1) is 0 Å². The van der Waals surface area contributed by atoms with Crippen LogP contribution in [0.3, 0.4) is 0 Å². The molecule has 0 rings (SSSR count). The molecule has 0 N–H and O–H groups in total. The molecule has 15 heavy (non-hydrogen) atoms. The maximum atomic E-state index is 12.0. The topological polar surface area (TPSA) is 18.5 Å². The fourth-order valence-corrected chi connectivity index (χ4v) is 3.50. The molecular weight excluding hydrogens is 241 g/mol. The lowest BCUT2D eigenvalue weighted by atomic mass is 10.5. The molecule has 0 spiro atoms. The quantitative estimate of drug-likeness (QED) is 0.678. The minimum absolute atomic E-state index is 0. The number of alkyl halides is 3. The molecule has 0 radical (unpaired) electrons. The molecule has 0 fully saturated rings. The van der Waals surface area contributed by atoms with Gasteiger partial charge in [-0.2, -0.15) is 13.2 Å². The van der Waals surface area contributed by atoms with Gasteiger partial charge in [0.25, 0.3) is 0 Å². The van der Waals surface area contributed by atoms with Crippen LogP contribution >= 0.6 is 0 Å². The largest absolute Gasteiger partial charge is 0.395 e. The Morgan fingerprint density at radius 2 is 1.47 bits per heavy atom. The van der Waals surface area contributed by atoms with Crippen LogP contribution in [0.1, 0.15) is 20.3 Å². The van der Waals surface area contributed by atoms with Crippen LogP contribution < -0.4 is 0 Å². The first-order valence-corrected chi connectivity index (χ1v) is 7.20. The molecule has 0 saturated carbocycles. The predicted octanol–water partition coefficient (Wildman–Crippen LogP) is 1.63. The van der Waals surface area contributed by atoms with Crippen molar-refractivity contribution in [2.75, 3.05) is 13.2 Å². The third kappa shape index (κ3) is 9.10. The lowest BCUT2D eigenvalue weighted by Crippen LogP contribution is -2.39. The van der Waals surface area contributed by atoms with Gasteiger partial charge in [0.15, 0.2) is 0 Å². The maximum absolute atomic E-state index is 12.0. The van der Waals surface area contributed by atoms with Crippen molar-refractivity contribution in [2.24, 2.45) is 0 Å². The molecule has 0 aliphatic heterocycles. The highest BCUT2D eigenvalue weighted by Crippen LogP contribution is 2.27. The smallest absolute Gasteiger partial charge is 0.389 e. The fourth-order valence-electron chi connectivity index (χ4n) is 1.17. The molecule has 0 unspecified atom stereocenters. The van der Waals surface area contributed by atoms with Crippen LogP contribution in [0.2, 0.25) is 12.6 Å². The zero-order valence-electron chi connectivity index (χ0n) is 8.78. The van der Waals surface area contributed by atoms with E-state index in [1.165, 1.54) is 0 Å². The van der Waals surface area contributed by atoms with Gasteiger partial charge in [0, 0.05) is 19.6 Å². The average Bonchev–Trinajstić information content (AvgIpc) is 2.01. The van der Waals surface area contributed by atoms with Gasteiger partial charge in [0.1, 0.15) is 0 Å². The Balaban J connectivity index is 0. The van der Waals surface area contributed by atoms with Gasteiger partial charge in [-0.05, 0) is 37.4 Å². The second-order valence-electron chi connectivity index (χ2n) is 3.12. The predicted molar refractivity (Wildman–Crippen MR) is 61.7 cm³/mol. The summed E-state index contributed by atoms with van der Waals surface area (Å²) in [6, 6.07) is -0.0296. The molecule has 0 bridgehead atoms. The summed E-state index contributed by atoms with van der Waals surface area (Å²) in [6.07, 6.45) is -4.95. The van der Waals surface area contributed by atoms with Crippen LogP contribution in [0.15, 0.2) is 0 Å². The van der Waals surface area contributed by atoms with Gasteiger partial charge in [0.2, 0.25) is 0 Å². The summed E-state index contributed by atoms with van der Waals surface area (Å²) in [5, 5.41) is 0. The van der Waals surface area contributed by atoms with Crippen molar-refractivity contribution >= 4 is 19.5 Å². The zero-order chi connectivity index (χ0) is 11.2. The molecule has 0 saturated heterocycles. The first-order valence-electron chi connectivity index (χ1n) is 4.67. The lowest BCUT2D eigenvalue weighted by Gasteiger charge is -2.26. The summed E-state index contributed by atoms with van der Waals surface area (Å²) in [4.78, 5) is 0. The third-order valence-corrected chi connectivity index (χ3v) is 4.72. The van der Waals surface area contributed by atoms with Gasteiger partial charge in [-0.3, -0.25) is 0 Å². The van der Waals surface area contributed by atoms with Gasteiger partial charge in [0.05, 0.1) is 0 Å². The Morgan fingerprint density at radius 1 is 1.07 bits per heavy atom. The van der Waals surface area contributed by atoms with E-state index in [1.54, 1.807) is 20.4 Å². The van der Waals surface area contributed by atoms with Crippen molar-refractivity contribution in [1.82, 2.24) is 0 Å². The Kier molecular flexibility index (Phi) is 8.68. The minimum Gasteiger partial charge on any atom is -0.395 e. The van der Waals surface area contributed by atoms with Crippen molar-refractivity contribution < 1.29 is 22.0 Å². The molecule has 0 aromatic rings. The van der Waals surface area contributed by atoms with Crippen molar-refractivity contribution in [2.45, 2.75) is 39.0 Å². The number of hydrogen-bond donors (Lipinski definition) is 0. The monoisotopic (exact) mass is 262 g/mol. The molecular formula is C8H21F3O2Si2. The molecule has 0 aliphatic rings. The molecule has 0 aliphatic carbocycles. The maximum Gasteiger partial charge on any atom is 0.389 e. The summed E-state index contributed by atoms with van der Waals surface area (Å²) in [7, 11) is -2.58. The van der Waals surface area contributed by atoms with Crippen molar-refractivity contribution in [3.05, 3.63) is 0 Å². The van der Waals surface area contributed by atoms with E-state index in [0.717, 1.165) is 0 Å². The molecule has 94 valence electrons. The molecule has 2 nitrogen and oxygen atoms in total. The average molecular weight is 262 g/mol.